The van der Waals surface area contributed by atoms with Crippen molar-refractivity contribution in [3.63, 3.8) is 0 Å². The third-order valence-electron chi connectivity index (χ3n) is 2.13. The number of benzene rings is 1. The molecule has 0 aliphatic heterocycles. The fourth-order valence-electron chi connectivity index (χ4n) is 1.29. The van der Waals surface area contributed by atoms with E-state index in [4.69, 9.17) is 40.5 Å². The fourth-order valence-corrected chi connectivity index (χ4v) is 1.99. The molecule has 5 heteroatoms. The van der Waals surface area contributed by atoms with Crippen LogP contribution in [-0.4, -0.2) is 13.1 Å². The van der Waals surface area contributed by atoms with Gasteiger partial charge in [-0.2, -0.15) is 0 Å². The van der Waals surface area contributed by atoms with Crippen molar-refractivity contribution in [3.8, 4) is 0 Å². The molecular weight excluding hydrogens is 254 g/mol. The number of rotatable bonds is 4. The van der Waals surface area contributed by atoms with Crippen LogP contribution in [0, 0.1) is 0 Å². The van der Waals surface area contributed by atoms with Crippen LogP contribution >= 0.6 is 34.8 Å². The summed E-state index contributed by atoms with van der Waals surface area (Å²) in [6.45, 7) is 3.32. The van der Waals surface area contributed by atoms with E-state index in [1.807, 2.05) is 13.0 Å². The Morgan fingerprint density at radius 2 is 1.93 bits per heavy atom. The second-order valence-electron chi connectivity index (χ2n) is 3.23. The third-order valence-corrected chi connectivity index (χ3v) is 3.43. The second kappa shape index (κ2) is 5.92. The van der Waals surface area contributed by atoms with Gasteiger partial charge in [0.1, 0.15) is 0 Å². The average molecular weight is 268 g/mol. The summed E-state index contributed by atoms with van der Waals surface area (Å²) in [5.74, 6) is 0. The van der Waals surface area contributed by atoms with Crippen molar-refractivity contribution >= 4 is 34.8 Å². The number of nitrogens with two attached hydrogens (primary N) is 1. The molecule has 3 N–H and O–H groups in total. The van der Waals surface area contributed by atoms with Gasteiger partial charge in [-0.3, -0.25) is 0 Å². The SMILES string of the molecule is CC(NCCN)c1ccc(Cl)c(Cl)c1Cl. The molecule has 1 rings (SSSR count). The molecule has 0 aliphatic rings. The molecule has 0 bridgehead atoms. The van der Waals surface area contributed by atoms with Crippen LogP contribution in [0.3, 0.4) is 0 Å². The van der Waals surface area contributed by atoms with Gasteiger partial charge in [0.05, 0.1) is 15.1 Å². The zero-order valence-electron chi connectivity index (χ0n) is 8.36. The molecule has 1 aromatic carbocycles. The summed E-state index contributed by atoms with van der Waals surface area (Å²) in [5, 5.41) is 4.60. The van der Waals surface area contributed by atoms with E-state index in [-0.39, 0.29) is 6.04 Å². The van der Waals surface area contributed by atoms with Crippen LogP contribution in [0.4, 0.5) is 0 Å². The first-order chi connectivity index (χ1) is 7.07. The van der Waals surface area contributed by atoms with E-state index < -0.39 is 0 Å². The molecule has 0 heterocycles. The highest BCUT2D eigenvalue weighted by molar-refractivity contribution is 6.48. The van der Waals surface area contributed by atoms with Gasteiger partial charge in [0.15, 0.2) is 0 Å². The predicted molar refractivity (Wildman–Crippen MR) is 66.9 cm³/mol. The number of hydrogen-bond donors (Lipinski definition) is 2. The minimum Gasteiger partial charge on any atom is -0.329 e. The van der Waals surface area contributed by atoms with Gasteiger partial charge in [0, 0.05) is 19.1 Å². The minimum absolute atomic E-state index is 0.107. The molecule has 2 nitrogen and oxygen atoms in total. The molecule has 0 amide bonds. The maximum atomic E-state index is 6.08. The molecule has 84 valence electrons. The fraction of sp³-hybridized carbons (Fsp3) is 0.400. The zero-order valence-corrected chi connectivity index (χ0v) is 10.6. The van der Waals surface area contributed by atoms with Crippen LogP contribution in [0.2, 0.25) is 15.1 Å². The van der Waals surface area contributed by atoms with Gasteiger partial charge in [-0.25, -0.2) is 0 Å². The van der Waals surface area contributed by atoms with Crippen LogP contribution in [0.1, 0.15) is 18.5 Å². The van der Waals surface area contributed by atoms with Crippen LogP contribution in [0.25, 0.3) is 0 Å². The average Bonchev–Trinajstić information content (AvgIpc) is 2.23. The first kappa shape index (κ1) is 13.1. The molecule has 1 atom stereocenters. The van der Waals surface area contributed by atoms with E-state index in [0.29, 0.717) is 21.6 Å². The maximum Gasteiger partial charge on any atom is 0.0781 e. The summed E-state index contributed by atoms with van der Waals surface area (Å²) >= 11 is 17.9. The summed E-state index contributed by atoms with van der Waals surface area (Å²) in [6.07, 6.45) is 0. The van der Waals surface area contributed by atoms with Crippen molar-refractivity contribution in [2.75, 3.05) is 13.1 Å². The van der Waals surface area contributed by atoms with Crippen LogP contribution in [0.5, 0.6) is 0 Å². The van der Waals surface area contributed by atoms with Gasteiger partial charge >= 0.3 is 0 Å². The molecule has 1 unspecified atom stereocenters. The van der Waals surface area contributed by atoms with E-state index in [0.717, 1.165) is 12.1 Å². The smallest absolute Gasteiger partial charge is 0.0781 e. The lowest BCUT2D eigenvalue weighted by molar-refractivity contribution is 0.582. The Morgan fingerprint density at radius 3 is 2.53 bits per heavy atom. The lowest BCUT2D eigenvalue weighted by Gasteiger charge is -2.16. The van der Waals surface area contributed by atoms with E-state index in [1.165, 1.54) is 0 Å². The first-order valence-electron chi connectivity index (χ1n) is 4.64. The third kappa shape index (κ3) is 3.23. The van der Waals surface area contributed by atoms with Crippen molar-refractivity contribution in [2.45, 2.75) is 13.0 Å². The van der Waals surface area contributed by atoms with E-state index >= 15 is 0 Å². The van der Waals surface area contributed by atoms with Crippen molar-refractivity contribution in [1.29, 1.82) is 0 Å². The molecular formula is C10H13Cl3N2. The summed E-state index contributed by atoms with van der Waals surface area (Å²) in [5.41, 5.74) is 6.33. The predicted octanol–water partition coefficient (Wildman–Crippen LogP) is 3.26. The highest BCUT2D eigenvalue weighted by Gasteiger charge is 2.13. The Balaban J connectivity index is 2.90. The summed E-state index contributed by atoms with van der Waals surface area (Å²) in [4.78, 5) is 0. The van der Waals surface area contributed by atoms with E-state index in [1.54, 1.807) is 6.07 Å². The second-order valence-corrected chi connectivity index (χ2v) is 4.39. The lowest BCUT2D eigenvalue weighted by Crippen LogP contribution is -2.25. The Morgan fingerprint density at radius 1 is 1.27 bits per heavy atom. The molecule has 0 fully saturated rings. The zero-order chi connectivity index (χ0) is 11.4. The van der Waals surface area contributed by atoms with Gasteiger partial charge in [-0.1, -0.05) is 40.9 Å². The monoisotopic (exact) mass is 266 g/mol. The van der Waals surface area contributed by atoms with Crippen LogP contribution in [0.15, 0.2) is 12.1 Å². The topological polar surface area (TPSA) is 38.0 Å². The Hall–Kier alpha value is 0.01000. The Labute approximate surface area is 105 Å². The highest BCUT2D eigenvalue weighted by Crippen LogP contribution is 2.35. The highest BCUT2D eigenvalue weighted by atomic mass is 35.5. The first-order valence-corrected chi connectivity index (χ1v) is 5.78. The minimum atomic E-state index is 0.107. The summed E-state index contributed by atoms with van der Waals surface area (Å²) in [6, 6.07) is 3.71. The van der Waals surface area contributed by atoms with Gasteiger partial charge in [0.2, 0.25) is 0 Å². The van der Waals surface area contributed by atoms with Crippen molar-refractivity contribution in [1.82, 2.24) is 5.32 Å². The normalized spacial score (nSPS) is 12.9. The molecule has 0 spiro atoms. The number of hydrogen-bond acceptors (Lipinski definition) is 2. The molecule has 1 aromatic rings. The number of nitrogens with one attached hydrogen (secondary N) is 1. The van der Waals surface area contributed by atoms with E-state index in [9.17, 15) is 0 Å². The quantitative estimate of drug-likeness (QED) is 0.822. The van der Waals surface area contributed by atoms with Gasteiger partial charge < -0.3 is 11.1 Å². The van der Waals surface area contributed by atoms with Gasteiger partial charge in [-0.05, 0) is 18.6 Å². The number of halogens is 3. The molecule has 0 radical (unpaired) electrons. The molecule has 15 heavy (non-hydrogen) atoms. The summed E-state index contributed by atoms with van der Waals surface area (Å²) in [7, 11) is 0. The molecule has 0 aromatic heterocycles. The largest absolute Gasteiger partial charge is 0.329 e. The van der Waals surface area contributed by atoms with Crippen molar-refractivity contribution in [2.24, 2.45) is 5.73 Å². The van der Waals surface area contributed by atoms with Crippen LogP contribution < -0.4 is 11.1 Å². The van der Waals surface area contributed by atoms with Crippen molar-refractivity contribution in [3.05, 3.63) is 32.8 Å². The van der Waals surface area contributed by atoms with Crippen LogP contribution in [-0.2, 0) is 0 Å². The molecule has 0 saturated carbocycles. The van der Waals surface area contributed by atoms with Gasteiger partial charge in [-0.15, -0.1) is 0 Å². The lowest BCUT2D eigenvalue weighted by atomic mass is 10.1. The van der Waals surface area contributed by atoms with E-state index in [2.05, 4.69) is 5.32 Å². The Bertz CT molecular complexity index is 342. The maximum absolute atomic E-state index is 6.08. The Kier molecular flexibility index (Phi) is 5.16. The standard InChI is InChI=1S/C10H13Cl3N2/c1-6(15-5-4-14)7-2-3-8(11)10(13)9(7)12/h2-3,6,15H,4-5,14H2,1H3. The summed E-state index contributed by atoms with van der Waals surface area (Å²) < 4.78 is 0. The van der Waals surface area contributed by atoms with Crippen molar-refractivity contribution < 1.29 is 0 Å². The molecule has 0 saturated heterocycles. The van der Waals surface area contributed by atoms with Gasteiger partial charge in [0.25, 0.3) is 0 Å². The molecule has 0 aliphatic carbocycles.